The van der Waals surface area contributed by atoms with E-state index in [2.05, 4.69) is 34.2 Å². The lowest BCUT2D eigenvalue weighted by atomic mass is 9.71. The summed E-state index contributed by atoms with van der Waals surface area (Å²) in [6, 6.07) is 18.4. The molecule has 0 spiro atoms. The molecule has 5 nitrogen and oxygen atoms in total. The van der Waals surface area contributed by atoms with Gasteiger partial charge in [0, 0.05) is 6.04 Å². The van der Waals surface area contributed by atoms with E-state index in [4.69, 9.17) is 0 Å². The van der Waals surface area contributed by atoms with Gasteiger partial charge in [0.2, 0.25) is 5.91 Å². The average molecular weight is 443 g/mol. The van der Waals surface area contributed by atoms with Crippen molar-refractivity contribution < 1.29 is 4.79 Å². The van der Waals surface area contributed by atoms with Crippen LogP contribution in [0.15, 0.2) is 48.5 Å². The van der Waals surface area contributed by atoms with E-state index >= 15 is 0 Å². The van der Waals surface area contributed by atoms with Gasteiger partial charge in [-0.05, 0) is 61.4 Å². The van der Waals surface area contributed by atoms with Crippen LogP contribution in [0, 0.1) is 23.2 Å². The Morgan fingerprint density at radius 3 is 2.03 bits per heavy atom. The van der Waals surface area contributed by atoms with Crippen LogP contribution in [-0.4, -0.2) is 11.9 Å². The maximum Gasteiger partial charge on any atom is 0.228 e. The minimum Gasteiger partial charge on any atom is -0.357 e. The van der Waals surface area contributed by atoms with E-state index in [1.54, 1.807) is 0 Å². The Bertz CT molecular complexity index is 988. The number of rotatable bonds is 5. The second-order valence-electron chi connectivity index (χ2n) is 10.0. The van der Waals surface area contributed by atoms with Gasteiger partial charge in [-0.3, -0.25) is 4.79 Å². The number of hydrogen-bond donors (Lipinski definition) is 3. The number of benzene rings is 2. The second-order valence-corrected chi connectivity index (χ2v) is 10.0. The molecule has 2 aliphatic carbocycles. The van der Waals surface area contributed by atoms with Gasteiger partial charge in [0.25, 0.3) is 0 Å². The Morgan fingerprint density at radius 2 is 1.45 bits per heavy atom. The van der Waals surface area contributed by atoms with Gasteiger partial charge < -0.3 is 16.0 Å². The predicted molar refractivity (Wildman–Crippen MR) is 132 cm³/mol. The summed E-state index contributed by atoms with van der Waals surface area (Å²) in [6.07, 6.45) is 11.6. The van der Waals surface area contributed by atoms with E-state index in [9.17, 15) is 10.1 Å². The molecule has 0 saturated heterocycles. The van der Waals surface area contributed by atoms with Gasteiger partial charge in [-0.1, -0.05) is 62.8 Å². The molecule has 33 heavy (non-hydrogen) atoms. The minimum atomic E-state index is -0.738. The summed E-state index contributed by atoms with van der Waals surface area (Å²) in [5.41, 5.74) is 2.94. The van der Waals surface area contributed by atoms with Crippen LogP contribution in [0.5, 0.6) is 0 Å². The van der Waals surface area contributed by atoms with E-state index < -0.39 is 5.66 Å². The van der Waals surface area contributed by atoms with Gasteiger partial charge >= 0.3 is 0 Å². The lowest BCUT2D eigenvalue weighted by Gasteiger charge is -2.44. The molecule has 0 bridgehead atoms. The Balaban J connectivity index is 1.56. The summed E-state index contributed by atoms with van der Waals surface area (Å²) < 4.78 is 0. The highest BCUT2D eigenvalue weighted by Crippen LogP contribution is 2.48. The van der Waals surface area contributed by atoms with Gasteiger partial charge in [0.1, 0.15) is 5.66 Å². The van der Waals surface area contributed by atoms with Crippen LogP contribution < -0.4 is 16.0 Å². The van der Waals surface area contributed by atoms with Gasteiger partial charge in [0.05, 0.1) is 28.9 Å². The van der Waals surface area contributed by atoms with Crippen molar-refractivity contribution in [2.45, 2.75) is 75.9 Å². The first kappa shape index (κ1) is 21.8. The van der Waals surface area contributed by atoms with Crippen molar-refractivity contribution >= 4 is 17.3 Å². The molecule has 0 unspecified atom stereocenters. The fourth-order valence-electron chi connectivity index (χ4n) is 6.21. The summed E-state index contributed by atoms with van der Waals surface area (Å²) in [4.78, 5) is 14.1. The van der Waals surface area contributed by atoms with Gasteiger partial charge in [-0.25, -0.2) is 0 Å². The van der Waals surface area contributed by atoms with Crippen molar-refractivity contribution in [2.75, 3.05) is 10.6 Å². The third kappa shape index (κ3) is 4.31. The summed E-state index contributed by atoms with van der Waals surface area (Å²) in [6.45, 7) is 0. The molecule has 2 saturated carbocycles. The number of nitrogens with one attached hydrogen (secondary N) is 3. The molecule has 5 heteroatoms. The van der Waals surface area contributed by atoms with Gasteiger partial charge in [0.15, 0.2) is 0 Å². The lowest BCUT2D eigenvalue weighted by molar-refractivity contribution is -0.130. The maximum atomic E-state index is 14.1. The van der Waals surface area contributed by atoms with Crippen LogP contribution in [0.2, 0.25) is 0 Å². The Kier molecular flexibility index (Phi) is 6.26. The van der Waals surface area contributed by atoms with E-state index in [1.807, 2.05) is 36.4 Å². The molecular formula is C28H34N4O. The molecular weight excluding hydrogens is 408 g/mol. The molecule has 2 aromatic rings. The molecule has 2 aromatic carbocycles. The van der Waals surface area contributed by atoms with Crippen LogP contribution in [0.4, 0.5) is 11.4 Å². The second kappa shape index (κ2) is 9.47. The van der Waals surface area contributed by atoms with E-state index in [-0.39, 0.29) is 17.9 Å². The molecule has 172 valence electrons. The highest BCUT2D eigenvalue weighted by atomic mass is 16.2. The third-order valence-corrected chi connectivity index (χ3v) is 7.88. The van der Waals surface area contributed by atoms with Crippen molar-refractivity contribution in [3.05, 3.63) is 59.7 Å². The molecule has 0 aromatic heterocycles. The summed E-state index contributed by atoms with van der Waals surface area (Å²) >= 11 is 0. The minimum absolute atomic E-state index is 0.158. The Morgan fingerprint density at radius 1 is 0.879 bits per heavy atom. The van der Waals surface area contributed by atoms with E-state index in [0.717, 1.165) is 42.6 Å². The number of amides is 1. The van der Waals surface area contributed by atoms with Crippen LogP contribution in [0.3, 0.4) is 0 Å². The maximum absolute atomic E-state index is 14.1. The zero-order valence-electron chi connectivity index (χ0n) is 19.3. The lowest BCUT2D eigenvalue weighted by Crippen LogP contribution is -2.56. The molecule has 1 atom stereocenters. The molecule has 1 heterocycles. The smallest absolute Gasteiger partial charge is 0.228 e. The van der Waals surface area contributed by atoms with E-state index in [1.165, 1.54) is 38.5 Å². The predicted octanol–water partition coefficient (Wildman–Crippen LogP) is 5.89. The van der Waals surface area contributed by atoms with Gasteiger partial charge in [-0.15, -0.1) is 0 Å². The molecule has 2 fully saturated rings. The number of nitrogens with zero attached hydrogens (tertiary/aromatic N) is 1. The largest absolute Gasteiger partial charge is 0.357 e. The number of nitriles is 1. The number of anilines is 2. The monoisotopic (exact) mass is 442 g/mol. The Hall–Kier alpha value is -3.00. The van der Waals surface area contributed by atoms with Crippen molar-refractivity contribution in [2.24, 2.45) is 11.8 Å². The normalized spacial score (nSPS) is 21.2. The van der Waals surface area contributed by atoms with Gasteiger partial charge in [-0.2, -0.15) is 5.26 Å². The SMILES string of the molecule is N#Cc1ccc(C2([C@@H](C(=O)NC3CCCCC3)C3CCCCC3)Nc3ccccc3N2)cc1. The Labute approximate surface area is 197 Å². The molecule has 1 amide bonds. The summed E-state index contributed by atoms with van der Waals surface area (Å²) in [5.74, 6) is 0.207. The topological polar surface area (TPSA) is 77.0 Å². The first-order valence-corrected chi connectivity index (χ1v) is 12.7. The zero-order chi connectivity index (χ0) is 22.7. The van der Waals surface area contributed by atoms with Crippen LogP contribution in [0.25, 0.3) is 0 Å². The fourth-order valence-corrected chi connectivity index (χ4v) is 6.21. The van der Waals surface area contributed by atoms with Crippen molar-refractivity contribution in [1.29, 1.82) is 5.26 Å². The number of hydrogen-bond acceptors (Lipinski definition) is 4. The fraction of sp³-hybridized carbons (Fsp3) is 0.500. The van der Waals surface area contributed by atoms with E-state index in [0.29, 0.717) is 11.5 Å². The van der Waals surface area contributed by atoms with Crippen LogP contribution in [0.1, 0.15) is 75.3 Å². The summed E-state index contributed by atoms with van der Waals surface area (Å²) in [7, 11) is 0. The molecule has 3 N–H and O–H groups in total. The number of carbonyl (C=O) groups excluding carboxylic acids is 1. The molecule has 3 aliphatic rings. The van der Waals surface area contributed by atoms with Crippen LogP contribution in [-0.2, 0) is 10.5 Å². The van der Waals surface area contributed by atoms with Crippen LogP contribution >= 0.6 is 0 Å². The first-order valence-electron chi connectivity index (χ1n) is 12.7. The molecule has 5 rings (SSSR count). The quantitative estimate of drug-likeness (QED) is 0.539. The average Bonchev–Trinajstić information content (AvgIpc) is 3.25. The molecule has 1 aliphatic heterocycles. The first-order chi connectivity index (χ1) is 16.2. The number of fused-ring (bicyclic) bond motifs is 1. The zero-order valence-corrected chi connectivity index (χ0v) is 19.3. The highest BCUT2D eigenvalue weighted by molar-refractivity contribution is 5.86. The number of para-hydroxylation sites is 2. The molecule has 0 radical (unpaired) electrons. The van der Waals surface area contributed by atoms with Crippen molar-refractivity contribution in [3.8, 4) is 6.07 Å². The van der Waals surface area contributed by atoms with Crippen molar-refractivity contribution in [3.63, 3.8) is 0 Å². The summed E-state index contributed by atoms with van der Waals surface area (Å²) in [5, 5.41) is 20.3. The third-order valence-electron chi connectivity index (χ3n) is 7.88. The standard InChI is InChI=1S/C28H34N4O/c29-19-20-15-17-22(18-16-20)28(31-24-13-7-8-14-25(24)32-28)26(21-9-3-1-4-10-21)27(33)30-23-11-5-2-6-12-23/h7-8,13-18,21,23,26,31-32H,1-6,9-12H2,(H,30,33)/t26-/m1/s1. The highest BCUT2D eigenvalue weighted by Gasteiger charge is 2.52. The van der Waals surface area contributed by atoms with Crippen molar-refractivity contribution in [1.82, 2.24) is 5.32 Å². The number of carbonyl (C=O) groups is 1.